The lowest BCUT2D eigenvalue weighted by Crippen LogP contribution is -2.35. The van der Waals surface area contributed by atoms with Crippen molar-refractivity contribution in [3.63, 3.8) is 0 Å². The van der Waals surface area contributed by atoms with Crippen molar-refractivity contribution < 1.29 is 9.59 Å². The van der Waals surface area contributed by atoms with Crippen molar-refractivity contribution in [1.82, 2.24) is 4.90 Å². The van der Waals surface area contributed by atoms with Gasteiger partial charge in [-0.25, -0.2) is 0 Å². The van der Waals surface area contributed by atoms with Crippen molar-refractivity contribution >= 4 is 17.5 Å². The Hall–Kier alpha value is -2.62. The average Bonchev–Trinajstić information content (AvgIpc) is 3.37. The number of nitrogens with zero attached hydrogens (tertiary/aromatic N) is 2. The van der Waals surface area contributed by atoms with Crippen LogP contribution >= 0.6 is 0 Å². The molecule has 26 heavy (non-hydrogen) atoms. The van der Waals surface area contributed by atoms with Crippen LogP contribution in [0.4, 0.5) is 5.69 Å². The van der Waals surface area contributed by atoms with Gasteiger partial charge in [0.25, 0.3) is 0 Å². The van der Waals surface area contributed by atoms with Crippen LogP contribution in [0, 0.1) is 11.8 Å². The van der Waals surface area contributed by atoms with Gasteiger partial charge in [-0.3, -0.25) is 9.59 Å². The van der Waals surface area contributed by atoms with Crippen molar-refractivity contribution in [2.24, 2.45) is 11.8 Å². The Morgan fingerprint density at radius 2 is 1.77 bits per heavy atom. The fourth-order valence-corrected chi connectivity index (χ4v) is 3.89. The third-order valence-corrected chi connectivity index (χ3v) is 5.49. The largest absolute Gasteiger partial charge is 0.338 e. The highest BCUT2D eigenvalue weighted by molar-refractivity contribution is 6.02. The number of fused-ring (bicyclic) bond motifs is 1. The monoisotopic (exact) mass is 348 g/mol. The van der Waals surface area contributed by atoms with Crippen molar-refractivity contribution in [1.29, 1.82) is 0 Å². The molecule has 2 aliphatic rings. The number of para-hydroxylation sites is 1. The van der Waals surface area contributed by atoms with Gasteiger partial charge in [0.15, 0.2) is 0 Å². The molecule has 1 heterocycles. The van der Waals surface area contributed by atoms with E-state index in [4.69, 9.17) is 0 Å². The first-order valence-corrected chi connectivity index (χ1v) is 9.41. The van der Waals surface area contributed by atoms with E-state index < -0.39 is 0 Å². The Morgan fingerprint density at radius 1 is 1.04 bits per heavy atom. The topological polar surface area (TPSA) is 40.6 Å². The van der Waals surface area contributed by atoms with Crippen molar-refractivity contribution in [2.75, 3.05) is 18.0 Å². The Bertz CT molecular complexity index is 818. The van der Waals surface area contributed by atoms with Crippen LogP contribution in [0.2, 0.25) is 0 Å². The molecule has 1 fully saturated rings. The van der Waals surface area contributed by atoms with Crippen LogP contribution in [-0.4, -0.2) is 29.8 Å². The maximum Gasteiger partial charge on any atom is 0.230 e. The van der Waals surface area contributed by atoms with Gasteiger partial charge < -0.3 is 9.80 Å². The van der Waals surface area contributed by atoms with Gasteiger partial charge in [0.1, 0.15) is 0 Å². The van der Waals surface area contributed by atoms with E-state index in [-0.39, 0.29) is 23.7 Å². The normalized spacial score (nSPS) is 20.6. The van der Waals surface area contributed by atoms with Crippen LogP contribution in [-0.2, 0) is 22.6 Å². The van der Waals surface area contributed by atoms with E-state index in [0.717, 1.165) is 24.2 Å². The van der Waals surface area contributed by atoms with E-state index in [1.54, 1.807) is 0 Å². The molecule has 2 amide bonds. The third kappa shape index (κ3) is 3.12. The lowest BCUT2D eigenvalue weighted by Gasteiger charge is -2.22. The predicted molar refractivity (Wildman–Crippen MR) is 102 cm³/mol. The van der Waals surface area contributed by atoms with E-state index in [2.05, 4.69) is 6.07 Å². The summed E-state index contributed by atoms with van der Waals surface area (Å²) in [5, 5.41) is 0. The summed E-state index contributed by atoms with van der Waals surface area (Å²) < 4.78 is 0. The molecular formula is C22H24N2O2. The summed E-state index contributed by atoms with van der Waals surface area (Å²) in [6.07, 6.45) is 1.59. The van der Waals surface area contributed by atoms with Crippen molar-refractivity contribution in [3.05, 3.63) is 65.7 Å². The summed E-state index contributed by atoms with van der Waals surface area (Å²) in [5.74, 6) is -0.0800. The summed E-state index contributed by atoms with van der Waals surface area (Å²) in [6.45, 7) is 4.01. The fraction of sp³-hybridized carbons (Fsp3) is 0.364. The molecule has 0 bridgehead atoms. The van der Waals surface area contributed by atoms with Crippen molar-refractivity contribution in [3.8, 4) is 0 Å². The molecule has 2 atom stereocenters. The van der Waals surface area contributed by atoms with Gasteiger partial charge in [0.2, 0.25) is 11.8 Å². The zero-order valence-corrected chi connectivity index (χ0v) is 15.1. The summed E-state index contributed by atoms with van der Waals surface area (Å²) in [4.78, 5) is 29.5. The number of carbonyl (C=O) groups is 2. The number of rotatable bonds is 5. The molecule has 0 spiro atoms. The maximum atomic E-state index is 12.9. The summed E-state index contributed by atoms with van der Waals surface area (Å²) in [6, 6.07) is 18.1. The highest BCUT2D eigenvalue weighted by Crippen LogP contribution is 2.43. The lowest BCUT2D eigenvalue weighted by molar-refractivity contribution is -0.134. The van der Waals surface area contributed by atoms with Crippen LogP contribution in [0.3, 0.4) is 0 Å². The standard InChI is InChI=1S/C22H24N2O2/c1-2-23(15-16-8-4-3-5-9-16)21(25)18-14-19(18)22(26)24-13-12-17-10-6-7-11-20(17)24/h3-11,18-19H,2,12-15H2,1H3. The minimum atomic E-state index is -0.154. The number of hydrogen-bond donors (Lipinski definition) is 0. The van der Waals surface area contributed by atoms with E-state index in [9.17, 15) is 9.59 Å². The van der Waals surface area contributed by atoms with Gasteiger partial charge in [-0.05, 0) is 37.0 Å². The molecule has 0 saturated heterocycles. The van der Waals surface area contributed by atoms with Crippen LogP contribution in [0.15, 0.2) is 54.6 Å². The van der Waals surface area contributed by atoms with Gasteiger partial charge >= 0.3 is 0 Å². The van der Waals surface area contributed by atoms with Gasteiger partial charge in [-0.15, -0.1) is 0 Å². The number of benzene rings is 2. The molecule has 134 valence electrons. The highest BCUT2D eigenvalue weighted by Gasteiger charge is 2.51. The minimum Gasteiger partial charge on any atom is -0.338 e. The number of carbonyl (C=O) groups excluding carboxylic acids is 2. The first-order chi connectivity index (χ1) is 12.7. The molecule has 4 nitrogen and oxygen atoms in total. The van der Waals surface area contributed by atoms with Gasteiger partial charge in [0.05, 0.1) is 11.8 Å². The molecular weight excluding hydrogens is 324 g/mol. The third-order valence-electron chi connectivity index (χ3n) is 5.49. The highest BCUT2D eigenvalue weighted by atomic mass is 16.2. The summed E-state index contributed by atoms with van der Waals surface area (Å²) >= 11 is 0. The van der Waals surface area contributed by atoms with Gasteiger partial charge in [-0.1, -0.05) is 48.5 Å². The lowest BCUT2D eigenvalue weighted by atomic mass is 10.1. The van der Waals surface area contributed by atoms with Gasteiger partial charge in [-0.2, -0.15) is 0 Å². The number of amides is 2. The number of hydrogen-bond acceptors (Lipinski definition) is 2. The van der Waals surface area contributed by atoms with E-state index in [0.29, 0.717) is 19.5 Å². The Balaban J connectivity index is 1.41. The predicted octanol–water partition coefficient (Wildman–Crippen LogP) is 3.26. The Morgan fingerprint density at radius 3 is 2.54 bits per heavy atom. The van der Waals surface area contributed by atoms with Crippen molar-refractivity contribution in [2.45, 2.75) is 26.3 Å². The quantitative estimate of drug-likeness (QED) is 0.832. The molecule has 2 aromatic rings. The molecule has 0 radical (unpaired) electrons. The number of anilines is 1. The smallest absolute Gasteiger partial charge is 0.230 e. The molecule has 1 saturated carbocycles. The molecule has 2 aromatic carbocycles. The van der Waals surface area contributed by atoms with Crippen LogP contribution in [0.1, 0.15) is 24.5 Å². The van der Waals surface area contributed by atoms with E-state index in [1.807, 2.05) is 65.3 Å². The summed E-state index contributed by atoms with van der Waals surface area (Å²) in [5.41, 5.74) is 3.37. The molecule has 1 aliphatic heterocycles. The second-order valence-corrected chi connectivity index (χ2v) is 7.16. The maximum absolute atomic E-state index is 12.9. The molecule has 4 rings (SSSR count). The minimum absolute atomic E-state index is 0.113. The fourth-order valence-electron chi connectivity index (χ4n) is 3.89. The van der Waals surface area contributed by atoms with E-state index >= 15 is 0 Å². The second kappa shape index (κ2) is 6.94. The first-order valence-electron chi connectivity index (χ1n) is 9.41. The molecule has 0 N–H and O–H groups in total. The SMILES string of the molecule is CCN(Cc1ccccc1)C(=O)C1CC1C(=O)N1CCc2ccccc21. The Kier molecular flexibility index (Phi) is 4.49. The molecule has 2 unspecified atom stereocenters. The first kappa shape index (κ1) is 16.8. The zero-order chi connectivity index (χ0) is 18.1. The molecule has 1 aliphatic carbocycles. The van der Waals surface area contributed by atoms with Crippen LogP contribution in [0.5, 0.6) is 0 Å². The van der Waals surface area contributed by atoms with Crippen LogP contribution in [0.25, 0.3) is 0 Å². The average molecular weight is 348 g/mol. The van der Waals surface area contributed by atoms with E-state index in [1.165, 1.54) is 5.56 Å². The second-order valence-electron chi connectivity index (χ2n) is 7.16. The van der Waals surface area contributed by atoms with Crippen LogP contribution < -0.4 is 4.90 Å². The van der Waals surface area contributed by atoms with Gasteiger partial charge in [0, 0.05) is 25.3 Å². The zero-order valence-electron chi connectivity index (χ0n) is 15.1. The molecule has 4 heteroatoms. The Labute approximate surface area is 154 Å². The molecule has 0 aromatic heterocycles. The summed E-state index contributed by atoms with van der Waals surface area (Å²) in [7, 11) is 0.